The van der Waals surface area contributed by atoms with Crippen LogP contribution in [0, 0.1) is 10.5 Å². The Labute approximate surface area is 132 Å². The van der Waals surface area contributed by atoms with Crippen molar-refractivity contribution in [2.45, 2.75) is 13.8 Å². The van der Waals surface area contributed by atoms with Gasteiger partial charge in [0.15, 0.2) is 0 Å². The SMILES string of the molecule is CCOC(=O)CN(C)CC(=O)Nc1ccc(I)cc1C. The fraction of sp³-hybridized carbons (Fsp3) is 0.429. The molecule has 1 N–H and O–H groups in total. The van der Waals surface area contributed by atoms with Gasteiger partial charge in [-0.05, 0) is 67.2 Å². The van der Waals surface area contributed by atoms with Crippen LogP contribution < -0.4 is 5.32 Å². The van der Waals surface area contributed by atoms with Gasteiger partial charge in [0.25, 0.3) is 0 Å². The van der Waals surface area contributed by atoms with E-state index in [-0.39, 0.29) is 25.0 Å². The summed E-state index contributed by atoms with van der Waals surface area (Å²) in [4.78, 5) is 24.8. The van der Waals surface area contributed by atoms with E-state index < -0.39 is 0 Å². The molecule has 1 rings (SSSR count). The van der Waals surface area contributed by atoms with Crippen LogP contribution in [0.5, 0.6) is 0 Å². The zero-order valence-electron chi connectivity index (χ0n) is 11.9. The number of carbonyl (C=O) groups excluding carboxylic acids is 2. The Morgan fingerprint density at radius 3 is 2.65 bits per heavy atom. The molecule has 1 amide bonds. The Bertz CT molecular complexity index is 491. The van der Waals surface area contributed by atoms with Crippen LogP contribution in [0.15, 0.2) is 18.2 Å². The van der Waals surface area contributed by atoms with Gasteiger partial charge in [0.05, 0.1) is 19.7 Å². The number of ether oxygens (including phenoxy) is 1. The monoisotopic (exact) mass is 390 g/mol. The molecule has 6 heteroatoms. The van der Waals surface area contributed by atoms with Crippen molar-refractivity contribution in [1.29, 1.82) is 0 Å². The lowest BCUT2D eigenvalue weighted by Crippen LogP contribution is -2.34. The molecule has 0 aliphatic rings. The van der Waals surface area contributed by atoms with Crippen LogP contribution in [0.4, 0.5) is 5.69 Å². The van der Waals surface area contributed by atoms with Crippen LogP contribution in [0.25, 0.3) is 0 Å². The molecule has 0 heterocycles. The summed E-state index contributed by atoms with van der Waals surface area (Å²) in [6.07, 6.45) is 0. The highest BCUT2D eigenvalue weighted by Crippen LogP contribution is 2.17. The van der Waals surface area contributed by atoms with Crippen molar-refractivity contribution < 1.29 is 14.3 Å². The third-order valence-corrected chi connectivity index (χ3v) is 3.25. The van der Waals surface area contributed by atoms with E-state index in [1.807, 2.05) is 25.1 Å². The van der Waals surface area contributed by atoms with Crippen LogP contribution >= 0.6 is 22.6 Å². The Morgan fingerprint density at radius 1 is 1.35 bits per heavy atom. The van der Waals surface area contributed by atoms with E-state index in [9.17, 15) is 9.59 Å². The number of anilines is 1. The summed E-state index contributed by atoms with van der Waals surface area (Å²) in [5, 5.41) is 2.84. The van der Waals surface area contributed by atoms with E-state index in [2.05, 4.69) is 27.9 Å². The number of rotatable bonds is 6. The molecule has 0 unspecified atom stereocenters. The second-order valence-electron chi connectivity index (χ2n) is 4.48. The van der Waals surface area contributed by atoms with Gasteiger partial charge in [-0.3, -0.25) is 14.5 Å². The molecule has 0 aliphatic carbocycles. The van der Waals surface area contributed by atoms with Crippen molar-refractivity contribution in [3.63, 3.8) is 0 Å². The van der Waals surface area contributed by atoms with Crippen molar-refractivity contribution >= 4 is 40.2 Å². The minimum atomic E-state index is -0.326. The van der Waals surface area contributed by atoms with E-state index in [0.29, 0.717) is 6.61 Å². The highest BCUT2D eigenvalue weighted by atomic mass is 127. The van der Waals surface area contributed by atoms with Gasteiger partial charge in [-0.2, -0.15) is 0 Å². The van der Waals surface area contributed by atoms with E-state index in [1.54, 1.807) is 18.9 Å². The maximum Gasteiger partial charge on any atom is 0.320 e. The number of carbonyl (C=O) groups is 2. The number of amides is 1. The molecular formula is C14H19IN2O3. The number of likely N-dealkylation sites (N-methyl/N-ethyl adjacent to an activating group) is 1. The first-order chi connectivity index (χ1) is 9.42. The van der Waals surface area contributed by atoms with E-state index in [0.717, 1.165) is 14.8 Å². The van der Waals surface area contributed by atoms with Gasteiger partial charge in [0.1, 0.15) is 0 Å². The molecule has 0 atom stereocenters. The lowest BCUT2D eigenvalue weighted by Gasteiger charge is -2.16. The topological polar surface area (TPSA) is 58.6 Å². The third kappa shape index (κ3) is 5.87. The minimum absolute atomic E-state index is 0.104. The lowest BCUT2D eigenvalue weighted by atomic mass is 10.2. The molecule has 0 bridgehead atoms. The van der Waals surface area contributed by atoms with Gasteiger partial charge < -0.3 is 10.1 Å². The molecule has 0 aromatic heterocycles. The smallest absolute Gasteiger partial charge is 0.320 e. The third-order valence-electron chi connectivity index (χ3n) is 2.58. The molecule has 0 aliphatic heterocycles. The highest BCUT2D eigenvalue weighted by molar-refractivity contribution is 14.1. The summed E-state index contributed by atoms with van der Waals surface area (Å²) in [5.41, 5.74) is 1.80. The normalized spacial score (nSPS) is 10.4. The number of nitrogens with zero attached hydrogens (tertiary/aromatic N) is 1. The van der Waals surface area contributed by atoms with Gasteiger partial charge in [-0.25, -0.2) is 0 Å². The van der Waals surface area contributed by atoms with Crippen molar-refractivity contribution in [2.24, 2.45) is 0 Å². The van der Waals surface area contributed by atoms with Crippen LogP contribution in [0.2, 0.25) is 0 Å². The van der Waals surface area contributed by atoms with E-state index in [4.69, 9.17) is 4.74 Å². The summed E-state index contributed by atoms with van der Waals surface area (Å²) in [6, 6.07) is 5.81. The zero-order valence-corrected chi connectivity index (χ0v) is 14.1. The van der Waals surface area contributed by atoms with Crippen LogP contribution in [-0.2, 0) is 14.3 Å². The summed E-state index contributed by atoms with van der Waals surface area (Å²) >= 11 is 2.22. The zero-order chi connectivity index (χ0) is 15.1. The summed E-state index contributed by atoms with van der Waals surface area (Å²) in [5.74, 6) is -0.477. The number of benzene rings is 1. The first kappa shape index (κ1) is 16.9. The predicted octanol–water partition coefficient (Wildman–Crippen LogP) is 2.03. The van der Waals surface area contributed by atoms with E-state index >= 15 is 0 Å². The molecule has 1 aromatic carbocycles. The second-order valence-corrected chi connectivity index (χ2v) is 5.73. The van der Waals surface area contributed by atoms with Gasteiger partial charge >= 0.3 is 5.97 Å². The van der Waals surface area contributed by atoms with Gasteiger partial charge in [0, 0.05) is 9.26 Å². The Balaban J connectivity index is 2.49. The molecule has 0 saturated carbocycles. The Hall–Kier alpha value is -1.15. The van der Waals surface area contributed by atoms with Crippen LogP contribution in [0.1, 0.15) is 12.5 Å². The standard InChI is InChI=1S/C14H19IN2O3/c1-4-20-14(19)9-17(3)8-13(18)16-12-6-5-11(15)7-10(12)2/h5-7H,4,8-9H2,1-3H3,(H,16,18). The summed E-state index contributed by atoms with van der Waals surface area (Å²) < 4.78 is 5.95. The quantitative estimate of drug-likeness (QED) is 0.597. The number of aryl methyl sites for hydroxylation is 1. The van der Waals surface area contributed by atoms with Crippen LogP contribution in [-0.4, -0.2) is 43.5 Å². The predicted molar refractivity (Wildman–Crippen MR) is 86.7 cm³/mol. The van der Waals surface area contributed by atoms with E-state index in [1.165, 1.54) is 0 Å². The minimum Gasteiger partial charge on any atom is -0.465 e. The molecule has 0 radical (unpaired) electrons. The molecule has 5 nitrogen and oxygen atoms in total. The van der Waals surface area contributed by atoms with Crippen molar-refractivity contribution in [3.8, 4) is 0 Å². The van der Waals surface area contributed by atoms with Gasteiger partial charge in [0.2, 0.25) is 5.91 Å². The second kappa shape index (κ2) is 8.21. The molecule has 1 aromatic rings. The molecule has 0 saturated heterocycles. The summed E-state index contributed by atoms with van der Waals surface area (Å²) in [7, 11) is 1.71. The number of hydrogen-bond donors (Lipinski definition) is 1. The first-order valence-electron chi connectivity index (χ1n) is 6.32. The van der Waals surface area contributed by atoms with Crippen LogP contribution in [0.3, 0.4) is 0 Å². The van der Waals surface area contributed by atoms with Gasteiger partial charge in [-0.15, -0.1) is 0 Å². The number of nitrogens with one attached hydrogen (secondary N) is 1. The number of halogens is 1. The lowest BCUT2D eigenvalue weighted by molar-refractivity contribution is -0.144. The number of esters is 1. The fourth-order valence-corrected chi connectivity index (χ4v) is 2.33. The molecule has 20 heavy (non-hydrogen) atoms. The maximum absolute atomic E-state index is 11.9. The van der Waals surface area contributed by atoms with Crippen molar-refractivity contribution in [3.05, 3.63) is 27.3 Å². The molecule has 110 valence electrons. The molecule has 0 spiro atoms. The Morgan fingerprint density at radius 2 is 2.05 bits per heavy atom. The maximum atomic E-state index is 11.9. The van der Waals surface area contributed by atoms with Crippen molar-refractivity contribution in [1.82, 2.24) is 4.90 Å². The van der Waals surface area contributed by atoms with Gasteiger partial charge in [-0.1, -0.05) is 0 Å². The number of hydrogen-bond acceptors (Lipinski definition) is 4. The Kier molecular flexibility index (Phi) is 6.94. The largest absolute Gasteiger partial charge is 0.465 e. The molecule has 0 fully saturated rings. The van der Waals surface area contributed by atoms with Crippen molar-refractivity contribution in [2.75, 3.05) is 32.1 Å². The average molecular weight is 390 g/mol. The first-order valence-corrected chi connectivity index (χ1v) is 7.40. The summed E-state index contributed by atoms with van der Waals surface area (Å²) in [6.45, 7) is 4.29. The molecular weight excluding hydrogens is 371 g/mol. The highest BCUT2D eigenvalue weighted by Gasteiger charge is 2.12. The fourth-order valence-electron chi connectivity index (χ4n) is 1.69. The average Bonchev–Trinajstić information content (AvgIpc) is 2.32.